The molecule has 7 nitrogen and oxygen atoms in total. The lowest BCUT2D eigenvalue weighted by Crippen LogP contribution is -2.39. The highest BCUT2D eigenvalue weighted by atomic mass is 32.1. The minimum atomic E-state index is 0.496. The lowest BCUT2D eigenvalue weighted by Gasteiger charge is -2.36. The van der Waals surface area contributed by atoms with Gasteiger partial charge in [-0.15, -0.1) is 0 Å². The third kappa shape index (κ3) is 6.09. The summed E-state index contributed by atoms with van der Waals surface area (Å²) in [5.41, 5.74) is 0. The van der Waals surface area contributed by atoms with Gasteiger partial charge in [0, 0.05) is 32.2 Å². The highest BCUT2D eigenvalue weighted by Gasteiger charge is 2.24. The topological polar surface area (TPSA) is 69.5 Å². The van der Waals surface area contributed by atoms with Gasteiger partial charge in [0.15, 0.2) is 5.11 Å². The zero-order chi connectivity index (χ0) is 21.6. The highest BCUT2D eigenvalue weighted by Crippen LogP contribution is 2.29. The van der Waals surface area contributed by atoms with Gasteiger partial charge in [0.05, 0.1) is 12.8 Å². The molecule has 2 aromatic heterocycles. The van der Waals surface area contributed by atoms with Gasteiger partial charge >= 0.3 is 0 Å². The van der Waals surface area contributed by atoms with Gasteiger partial charge in [-0.25, -0.2) is 0 Å². The molecule has 2 fully saturated rings. The zero-order valence-electron chi connectivity index (χ0n) is 18.6. The summed E-state index contributed by atoms with van der Waals surface area (Å²) >= 11 is 5.50. The Morgan fingerprint density at radius 1 is 1.06 bits per heavy atom. The number of piperidine rings is 1. The van der Waals surface area contributed by atoms with E-state index in [1.165, 1.54) is 32.1 Å². The molecule has 8 heteroatoms. The van der Waals surface area contributed by atoms with Crippen molar-refractivity contribution in [3.63, 3.8) is 0 Å². The molecule has 0 saturated carbocycles. The van der Waals surface area contributed by atoms with E-state index < -0.39 is 0 Å². The number of nitrogens with zero attached hydrogens (tertiary/aromatic N) is 4. The quantitative estimate of drug-likeness (QED) is 0.660. The van der Waals surface area contributed by atoms with Crippen molar-refractivity contribution >= 4 is 34.9 Å². The van der Waals surface area contributed by atoms with Crippen LogP contribution in [0.4, 0.5) is 17.6 Å². The Morgan fingerprint density at radius 3 is 2.39 bits per heavy atom. The fourth-order valence-corrected chi connectivity index (χ4v) is 4.84. The Morgan fingerprint density at radius 2 is 1.74 bits per heavy atom. The molecule has 4 rings (SSSR count). The molecule has 0 amide bonds. The first kappa shape index (κ1) is 21.9. The van der Waals surface area contributed by atoms with E-state index in [4.69, 9.17) is 26.6 Å². The summed E-state index contributed by atoms with van der Waals surface area (Å²) in [5.74, 6) is 4.69. The van der Waals surface area contributed by atoms with Gasteiger partial charge in [0.1, 0.15) is 17.4 Å². The summed E-state index contributed by atoms with van der Waals surface area (Å²) in [6, 6.07) is 5.96. The second kappa shape index (κ2) is 10.3. The van der Waals surface area contributed by atoms with E-state index in [1.54, 1.807) is 6.26 Å². The minimum Gasteiger partial charge on any atom is -0.467 e. The van der Waals surface area contributed by atoms with Gasteiger partial charge in [0.25, 0.3) is 0 Å². The maximum absolute atomic E-state index is 5.50. The molecule has 0 aromatic carbocycles. The lowest BCUT2D eigenvalue weighted by atomic mass is 9.92. The van der Waals surface area contributed by atoms with Crippen molar-refractivity contribution in [3.05, 3.63) is 30.2 Å². The van der Waals surface area contributed by atoms with Crippen LogP contribution in [0.15, 0.2) is 28.9 Å². The van der Waals surface area contributed by atoms with Crippen LogP contribution in [0.5, 0.6) is 0 Å². The number of hydrogen-bond acceptors (Lipinski definition) is 6. The molecule has 0 aliphatic carbocycles. The van der Waals surface area contributed by atoms with Crippen LogP contribution in [0.25, 0.3) is 0 Å². The molecular formula is C23H34N6OS. The van der Waals surface area contributed by atoms with Crippen LogP contribution in [0.2, 0.25) is 0 Å². The van der Waals surface area contributed by atoms with Crippen molar-refractivity contribution in [3.8, 4) is 0 Å². The molecule has 2 N–H and O–H groups in total. The van der Waals surface area contributed by atoms with E-state index in [0.717, 1.165) is 43.6 Å². The first-order valence-corrected chi connectivity index (χ1v) is 11.9. The number of rotatable bonds is 5. The molecule has 2 aliphatic heterocycles. The van der Waals surface area contributed by atoms with Crippen LogP contribution < -0.4 is 20.4 Å². The van der Waals surface area contributed by atoms with E-state index in [-0.39, 0.29) is 0 Å². The van der Waals surface area contributed by atoms with Crippen LogP contribution >= 0.6 is 12.2 Å². The van der Waals surface area contributed by atoms with Crippen molar-refractivity contribution in [2.45, 2.75) is 52.5 Å². The van der Waals surface area contributed by atoms with Crippen LogP contribution in [0.1, 0.15) is 51.7 Å². The molecule has 2 unspecified atom stereocenters. The number of furan rings is 1. The van der Waals surface area contributed by atoms with Gasteiger partial charge in [-0.05, 0) is 55.4 Å². The third-order valence-corrected chi connectivity index (χ3v) is 6.30. The number of anilines is 3. The molecule has 0 spiro atoms. The van der Waals surface area contributed by atoms with Gasteiger partial charge < -0.3 is 24.9 Å². The van der Waals surface area contributed by atoms with Crippen LogP contribution in [-0.2, 0) is 6.54 Å². The molecule has 4 heterocycles. The van der Waals surface area contributed by atoms with Gasteiger partial charge in [-0.3, -0.25) is 0 Å². The second-order valence-corrected chi connectivity index (χ2v) is 9.46. The number of hydrogen-bond donors (Lipinski definition) is 2. The first-order chi connectivity index (χ1) is 15.1. The number of thiocarbonyl (C=S) groups is 1. The maximum Gasteiger partial charge on any atom is 0.232 e. The molecular weight excluding hydrogens is 408 g/mol. The summed E-state index contributed by atoms with van der Waals surface area (Å²) in [6.07, 6.45) is 7.94. The third-order valence-electron chi connectivity index (χ3n) is 6.05. The van der Waals surface area contributed by atoms with Crippen LogP contribution in [0, 0.1) is 11.8 Å². The highest BCUT2D eigenvalue weighted by molar-refractivity contribution is 7.80. The Kier molecular flexibility index (Phi) is 7.27. The predicted octanol–water partition coefficient (Wildman–Crippen LogP) is 4.42. The fourth-order valence-electron chi connectivity index (χ4n) is 4.68. The van der Waals surface area contributed by atoms with Crippen molar-refractivity contribution in [2.24, 2.45) is 11.8 Å². The lowest BCUT2D eigenvalue weighted by molar-refractivity contribution is 0.355. The standard InChI is InChI=1S/C23H34N6OS/c1-17-12-18(2)16-29(15-17)21-13-20(28-9-5-3-4-6-10-28)25-22(26-21)27-23(31)24-14-19-8-7-11-30-19/h7-8,11,13,17-18H,3-6,9-10,12,14-16H2,1-2H3,(H2,24,25,26,27,31). The van der Waals surface area contributed by atoms with E-state index >= 15 is 0 Å². The molecule has 31 heavy (non-hydrogen) atoms. The number of aromatic nitrogens is 2. The Balaban J connectivity index is 1.53. The molecule has 2 aromatic rings. The van der Waals surface area contributed by atoms with Crippen molar-refractivity contribution in [2.75, 3.05) is 41.3 Å². The summed E-state index contributed by atoms with van der Waals surface area (Å²) in [4.78, 5) is 14.5. The van der Waals surface area contributed by atoms with E-state index in [9.17, 15) is 0 Å². The van der Waals surface area contributed by atoms with Crippen LogP contribution in [0.3, 0.4) is 0 Å². The smallest absolute Gasteiger partial charge is 0.232 e. The zero-order valence-corrected chi connectivity index (χ0v) is 19.5. The van der Waals surface area contributed by atoms with Crippen LogP contribution in [-0.4, -0.2) is 41.3 Å². The average Bonchev–Trinajstić information content (AvgIpc) is 3.11. The summed E-state index contributed by atoms with van der Waals surface area (Å²) < 4.78 is 5.37. The molecule has 168 valence electrons. The monoisotopic (exact) mass is 442 g/mol. The summed E-state index contributed by atoms with van der Waals surface area (Å²) in [5, 5.41) is 6.88. The molecule has 0 bridgehead atoms. The van der Waals surface area contributed by atoms with E-state index in [1.807, 2.05) is 12.1 Å². The fraction of sp³-hybridized carbons (Fsp3) is 0.609. The van der Waals surface area contributed by atoms with Gasteiger partial charge in [-0.1, -0.05) is 26.7 Å². The Bertz CT molecular complexity index is 840. The number of nitrogens with one attached hydrogen (secondary N) is 2. The van der Waals surface area contributed by atoms with Crippen molar-refractivity contribution in [1.82, 2.24) is 15.3 Å². The Hall–Kier alpha value is -2.35. The van der Waals surface area contributed by atoms with E-state index in [2.05, 4.69) is 40.3 Å². The molecule has 2 atom stereocenters. The summed E-state index contributed by atoms with van der Waals surface area (Å²) in [7, 11) is 0. The SMILES string of the molecule is CC1CC(C)CN(c2cc(N3CCCCCC3)nc(NC(=S)NCc3ccco3)n2)C1. The Labute approximate surface area is 190 Å². The largest absolute Gasteiger partial charge is 0.467 e. The second-order valence-electron chi connectivity index (χ2n) is 9.05. The normalized spacial score (nSPS) is 22.1. The average molecular weight is 443 g/mol. The first-order valence-electron chi connectivity index (χ1n) is 11.5. The van der Waals surface area contributed by atoms with Crippen molar-refractivity contribution < 1.29 is 4.42 Å². The maximum atomic E-state index is 5.50. The molecule has 2 aliphatic rings. The molecule has 2 saturated heterocycles. The summed E-state index contributed by atoms with van der Waals surface area (Å²) in [6.45, 7) is 9.33. The minimum absolute atomic E-state index is 0.496. The molecule has 0 radical (unpaired) electrons. The van der Waals surface area contributed by atoms with Gasteiger partial charge in [0.2, 0.25) is 5.95 Å². The van der Waals surface area contributed by atoms with Crippen molar-refractivity contribution in [1.29, 1.82) is 0 Å². The predicted molar refractivity (Wildman–Crippen MR) is 130 cm³/mol. The van der Waals surface area contributed by atoms with E-state index in [0.29, 0.717) is 29.4 Å². The van der Waals surface area contributed by atoms with Gasteiger partial charge in [-0.2, -0.15) is 9.97 Å².